The monoisotopic (exact) mass is 273 g/mol. The van der Waals surface area contributed by atoms with E-state index in [-0.39, 0.29) is 0 Å². The highest BCUT2D eigenvalue weighted by atomic mass is 35.5. The Kier molecular flexibility index (Phi) is 3.79. The molecule has 2 aromatic rings. The Labute approximate surface area is 116 Å². The molecule has 0 amide bonds. The number of nitrogens with one attached hydrogen (secondary N) is 1. The number of hydrogen-bond donors (Lipinski definition) is 2. The standard InChI is InChI=1S/C14H12ClN3O/c1-19-13-4-2-3-9(8-16)14(13)18-12-6-5-10(17)7-11(12)15/h2-7,18H,17H2,1H3. The number of anilines is 3. The summed E-state index contributed by atoms with van der Waals surface area (Å²) in [6.45, 7) is 0. The van der Waals surface area contributed by atoms with Crippen molar-refractivity contribution in [2.75, 3.05) is 18.2 Å². The first kappa shape index (κ1) is 13.1. The molecule has 2 rings (SSSR count). The minimum Gasteiger partial charge on any atom is -0.495 e. The molecule has 0 saturated heterocycles. The van der Waals surface area contributed by atoms with Crippen LogP contribution in [0.25, 0.3) is 0 Å². The van der Waals surface area contributed by atoms with Crippen LogP contribution in [0, 0.1) is 11.3 Å². The molecule has 19 heavy (non-hydrogen) atoms. The van der Waals surface area contributed by atoms with E-state index in [1.165, 1.54) is 0 Å². The topological polar surface area (TPSA) is 71.1 Å². The largest absolute Gasteiger partial charge is 0.495 e. The fraction of sp³-hybridized carbons (Fsp3) is 0.0714. The van der Waals surface area contributed by atoms with Gasteiger partial charge in [0, 0.05) is 5.69 Å². The van der Waals surface area contributed by atoms with Crippen LogP contribution >= 0.6 is 11.6 Å². The Hall–Kier alpha value is -2.38. The smallest absolute Gasteiger partial charge is 0.143 e. The summed E-state index contributed by atoms with van der Waals surface area (Å²) in [5.74, 6) is 0.576. The van der Waals surface area contributed by atoms with Gasteiger partial charge in [0.25, 0.3) is 0 Å². The summed E-state index contributed by atoms with van der Waals surface area (Å²) in [6, 6.07) is 12.5. The van der Waals surface area contributed by atoms with E-state index in [0.29, 0.717) is 33.4 Å². The highest BCUT2D eigenvalue weighted by molar-refractivity contribution is 6.33. The van der Waals surface area contributed by atoms with Crippen molar-refractivity contribution in [2.24, 2.45) is 0 Å². The summed E-state index contributed by atoms with van der Waals surface area (Å²) in [6.07, 6.45) is 0. The van der Waals surface area contributed by atoms with Crippen LogP contribution in [0.4, 0.5) is 17.1 Å². The normalized spacial score (nSPS) is 9.74. The molecule has 2 aromatic carbocycles. The van der Waals surface area contributed by atoms with Gasteiger partial charge < -0.3 is 15.8 Å². The predicted octanol–water partition coefficient (Wildman–Crippen LogP) is 3.55. The quantitative estimate of drug-likeness (QED) is 0.839. The zero-order chi connectivity index (χ0) is 13.8. The SMILES string of the molecule is COc1cccc(C#N)c1Nc1ccc(N)cc1Cl. The second kappa shape index (κ2) is 5.51. The summed E-state index contributed by atoms with van der Waals surface area (Å²) >= 11 is 6.10. The fourth-order valence-electron chi connectivity index (χ4n) is 1.69. The van der Waals surface area contributed by atoms with Gasteiger partial charge in [0.15, 0.2) is 0 Å². The van der Waals surface area contributed by atoms with E-state index in [0.717, 1.165) is 0 Å². The first-order chi connectivity index (χ1) is 9.15. The van der Waals surface area contributed by atoms with Crippen molar-refractivity contribution in [2.45, 2.75) is 0 Å². The van der Waals surface area contributed by atoms with E-state index in [9.17, 15) is 0 Å². The molecule has 0 radical (unpaired) electrons. The number of para-hydroxylation sites is 1. The van der Waals surface area contributed by atoms with Gasteiger partial charge in [0.1, 0.15) is 11.8 Å². The first-order valence-corrected chi connectivity index (χ1v) is 5.92. The Bertz CT molecular complexity index is 650. The summed E-state index contributed by atoms with van der Waals surface area (Å²) in [5.41, 5.74) is 7.95. The van der Waals surface area contributed by atoms with Crippen molar-refractivity contribution in [3.63, 3.8) is 0 Å². The van der Waals surface area contributed by atoms with E-state index in [1.807, 2.05) is 0 Å². The lowest BCUT2D eigenvalue weighted by atomic mass is 10.1. The lowest BCUT2D eigenvalue weighted by molar-refractivity contribution is 0.416. The lowest BCUT2D eigenvalue weighted by Crippen LogP contribution is -1.98. The third kappa shape index (κ3) is 2.72. The summed E-state index contributed by atoms with van der Waals surface area (Å²) < 4.78 is 5.24. The molecule has 0 aliphatic carbocycles. The number of benzene rings is 2. The fourth-order valence-corrected chi connectivity index (χ4v) is 1.93. The number of nitrogens with zero attached hydrogens (tertiary/aromatic N) is 1. The summed E-state index contributed by atoms with van der Waals surface area (Å²) in [4.78, 5) is 0. The minimum absolute atomic E-state index is 0.479. The molecule has 4 nitrogen and oxygen atoms in total. The molecule has 0 saturated carbocycles. The van der Waals surface area contributed by atoms with Crippen LogP contribution in [0.15, 0.2) is 36.4 Å². The molecule has 0 unspecified atom stereocenters. The van der Waals surface area contributed by atoms with Crippen LogP contribution in [0.1, 0.15) is 5.56 Å². The summed E-state index contributed by atoms with van der Waals surface area (Å²) in [5, 5.41) is 12.7. The Morgan fingerprint density at radius 2 is 2.11 bits per heavy atom. The molecule has 0 bridgehead atoms. The molecule has 0 aliphatic rings. The average Bonchev–Trinajstić information content (AvgIpc) is 2.42. The number of nitrogen functional groups attached to an aromatic ring is 1. The van der Waals surface area contributed by atoms with Crippen LogP contribution in [0.2, 0.25) is 5.02 Å². The maximum Gasteiger partial charge on any atom is 0.143 e. The molecular formula is C14H12ClN3O. The van der Waals surface area contributed by atoms with Gasteiger partial charge in [-0.15, -0.1) is 0 Å². The third-order valence-corrected chi connectivity index (χ3v) is 2.93. The third-order valence-electron chi connectivity index (χ3n) is 2.62. The van der Waals surface area contributed by atoms with Crippen LogP contribution in [0.3, 0.4) is 0 Å². The highest BCUT2D eigenvalue weighted by Crippen LogP contribution is 2.34. The minimum atomic E-state index is 0.479. The van der Waals surface area contributed by atoms with Gasteiger partial charge >= 0.3 is 0 Å². The van der Waals surface area contributed by atoms with Gasteiger partial charge in [-0.05, 0) is 30.3 Å². The number of hydrogen-bond acceptors (Lipinski definition) is 4. The number of rotatable bonds is 3. The van der Waals surface area contributed by atoms with Crippen molar-refractivity contribution >= 4 is 28.7 Å². The molecule has 3 N–H and O–H groups in total. The first-order valence-electron chi connectivity index (χ1n) is 5.55. The molecule has 5 heteroatoms. The van der Waals surface area contributed by atoms with Gasteiger partial charge in [-0.1, -0.05) is 17.7 Å². The van der Waals surface area contributed by atoms with E-state index in [2.05, 4.69) is 11.4 Å². The van der Waals surface area contributed by atoms with Crippen LogP contribution in [-0.4, -0.2) is 7.11 Å². The van der Waals surface area contributed by atoms with Gasteiger partial charge in [0.05, 0.1) is 29.1 Å². The molecule has 0 atom stereocenters. The van der Waals surface area contributed by atoms with Gasteiger partial charge in [-0.25, -0.2) is 0 Å². The van der Waals surface area contributed by atoms with E-state index < -0.39 is 0 Å². The van der Waals surface area contributed by atoms with Crippen molar-refractivity contribution in [1.82, 2.24) is 0 Å². The lowest BCUT2D eigenvalue weighted by Gasteiger charge is -2.13. The van der Waals surface area contributed by atoms with Crippen LogP contribution < -0.4 is 15.8 Å². The molecule has 96 valence electrons. The van der Waals surface area contributed by atoms with E-state index >= 15 is 0 Å². The Balaban J connectivity index is 2.46. The van der Waals surface area contributed by atoms with Gasteiger partial charge in [-0.3, -0.25) is 0 Å². The number of methoxy groups -OCH3 is 1. The van der Waals surface area contributed by atoms with Crippen molar-refractivity contribution in [3.8, 4) is 11.8 Å². The van der Waals surface area contributed by atoms with Crippen LogP contribution in [0.5, 0.6) is 5.75 Å². The number of nitriles is 1. The predicted molar refractivity (Wildman–Crippen MR) is 76.9 cm³/mol. The second-order valence-corrected chi connectivity index (χ2v) is 4.27. The zero-order valence-electron chi connectivity index (χ0n) is 10.3. The Morgan fingerprint density at radius 3 is 2.74 bits per heavy atom. The molecule has 0 spiro atoms. The highest BCUT2D eigenvalue weighted by Gasteiger charge is 2.10. The molecule has 0 aliphatic heterocycles. The summed E-state index contributed by atoms with van der Waals surface area (Å²) in [7, 11) is 1.55. The maximum absolute atomic E-state index is 9.13. The van der Waals surface area contributed by atoms with E-state index in [1.54, 1.807) is 43.5 Å². The number of ether oxygens (including phenoxy) is 1. The average molecular weight is 274 g/mol. The van der Waals surface area contributed by atoms with Gasteiger partial charge in [-0.2, -0.15) is 5.26 Å². The van der Waals surface area contributed by atoms with Crippen molar-refractivity contribution in [3.05, 3.63) is 47.0 Å². The van der Waals surface area contributed by atoms with E-state index in [4.69, 9.17) is 27.3 Å². The molecule has 0 heterocycles. The molecular weight excluding hydrogens is 262 g/mol. The Morgan fingerprint density at radius 1 is 1.32 bits per heavy atom. The second-order valence-electron chi connectivity index (χ2n) is 3.86. The van der Waals surface area contributed by atoms with Crippen LogP contribution in [-0.2, 0) is 0 Å². The molecule has 0 aromatic heterocycles. The molecule has 0 fully saturated rings. The number of nitrogens with two attached hydrogens (primary N) is 1. The number of halogens is 1. The van der Waals surface area contributed by atoms with Crippen molar-refractivity contribution in [1.29, 1.82) is 5.26 Å². The van der Waals surface area contributed by atoms with Gasteiger partial charge in [0.2, 0.25) is 0 Å². The van der Waals surface area contributed by atoms with Crippen molar-refractivity contribution < 1.29 is 4.74 Å². The zero-order valence-corrected chi connectivity index (χ0v) is 11.0. The maximum atomic E-state index is 9.13.